The van der Waals surface area contributed by atoms with Crippen LogP contribution in [0.1, 0.15) is 74.2 Å². The van der Waals surface area contributed by atoms with Gasteiger partial charge in [0.05, 0.1) is 18.8 Å². The molecular formula is C29H32FN3O4. The summed E-state index contributed by atoms with van der Waals surface area (Å²) < 4.78 is 27.0. The van der Waals surface area contributed by atoms with Crippen molar-refractivity contribution < 1.29 is 23.8 Å². The number of pyridine rings is 1. The van der Waals surface area contributed by atoms with E-state index in [1.165, 1.54) is 12.6 Å². The zero-order valence-electron chi connectivity index (χ0n) is 21.0. The van der Waals surface area contributed by atoms with Crippen LogP contribution in [0.15, 0.2) is 42.7 Å². The van der Waals surface area contributed by atoms with Crippen molar-refractivity contribution in [2.75, 3.05) is 0 Å². The van der Waals surface area contributed by atoms with Gasteiger partial charge >= 0.3 is 5.97 Å². The molecule has 2 aliphatic rings. The molecule has 0 amide bonds. The maximum atomic E-state index is 14.7. The van der Waals surface area contributed by atoms with E-state index >= 15 is 0 Å². The third-order valence-corrected chi connectivity index (χ3v) is 7.13. The van der Waals surface area contributed by atoms with Gasteiger partial charge in [-0.2, -0.15) is 0 Å². The summed E-state index contributed by atoms with van der Waals surface area (Å²) in [6, 6.07) is 9.28. The fourth-order valence-corrected chi connectivity index (χ4v) is 5.04. The van der Waals surface area contributed by atoms with Crippen LogP contribution >= 0.6 is 0 Å². The van der Waals surface area contributed by atoms with E-state index in [2.05, 4.69) is 15.0 Å². The first-order valence-corrected chi connectivity index (χ1v) is 13.1. The third-order valence-electron chi connectivity index (χ3n) is 7.13. The minimum absolute atomic E-state index is 0.00524. The van der Waals surface area contributed by atoms with Crippen LogP contribution in [0.5, 0.6) is 11.6 Å². The number of carbonyl (C=O) groups is 1. The lowest BCUT2D eigenvalue weighted by atomic mass is 9.91. The quantitative estimate of drug-likeness (QED) is 0.348. The number of benzene rings is 1. The van der Waals surface area contributed by atoms with E-state index in [0.717, 1.165) is 44.1 Å². The van der Waals surface area contributed by atoms with Gasteiger partial charge in [0.1, 0.15) is 29.8 Å². The molecule has 0 spiro atoms. The Kier molecular flexibility index (Phi) is 7.63. The summed E-state index contributed by atoms with van der Waals surface area (Å²) in [5, 5.41) is 9.34. The van der Waals surface area contributed by atoms with E-state index in [9.17, 15) is 14.3 Å². The van der Waals surface area contributed by atoms with Crippen LogP contribution < -0.4 is 9.47 Å². The first kappa shape index (κ1) is 25.1. The van der Waals surface area contributed by atoms with E-state index in [0.29, 0.717) is 40.2 Å². The largest absolute Gasteiger partial charge is 0.487 e. The molecule has 3 aromatic rings. The van der Waals surface area contributed by atoms with Crippen molar-refractivity contribution in [2.24, 2.45) is 5.92 Å². The molecule has 5 rings (SSSR count). The van der Waals surface area contributed by atoms with Gasteiger partial charge in [0.15, 0.2) is 5.82 Å². The SMILES string of the molecule is Cc1cc(-c2ncc(COc3cccc([C@@H](CC(=O)O)C4CC4)c3)nc2OC2CCCCC2)c(F)cn1. The van der Waals surface area contributed by atoms with Gasteiger partial charge in [0.2, 0.25) is 5.88 Å². The Bertz CT molecular complexity index is 1260. The summed E-state index contributed by atoms with van der Waals surface area (Å²) in [5.74, 6) is 0.105. The smallest absolute Gasteiger partial charge is 0.303 e. The van der Waals surface area contributed by atoms with Crippen molar-refractivity contribution in [3.05, 3.63) is 65.5 Å². The number of aryl methyl sites for hydroxylation is 1. The molecule has 7 nitrogen and oxygen atoms in total. The van der Waals surface area contributed by atoms with Crippen molar-refractivity contribution in [3.8, 4) is 22.9 Å². The molecule has 8 heteroatoms. The Morgan fingerprint density at radius 1 is 1.11 bits per heavy atom. The Balaban J connectivity index is 1.37. The number of halogens is 1. The number of hydrogen-bond donors (Lipinski definition) is 1. The standard InChI is InChI=1S/C29H32FN3O4/c1-18-12-25(26(30)16-31-18)28-29(37-22-7-3-2-4-8-22)33-21(15-32-28)17-36-23-9-5-6-20(13-23)24(14-27(34)35)19-10-11-19/h5-6,9,12-13,15-16,19,22,24H,2-4,7-8,10-11,14,17H2,1H3,(H,34,35)/t24-/m0/s1. The summed E-state index contributed by atoms with van der Waals surface area (Å²) in [6.07, 6.45) is 10.3. The highest BCUT2D eigenvalue weighted by Gasteiger charge is 2.33. The van der Waals surface area contributed by atoms with Crippen LogP contribution in [0.4, 0.5) is 4.39 Å². The van der Waals surface area contributed by atoms with Crippen LogP contribution in [-0.4, -0.2) is 32.1 Å². The average Bonchev–Trinajstić information content (AvgIpc) is 3.74. The molecular weight excluding hydrogens is 473 g/mol. The first-order chi connectivity index (χ1) is 18.0. The van der Waals surface area contributed by atoms with Gasteiger partial charge in [0, 0.05) is 11.3 Å². The highest BCUT2D eigenvalue weighted by Crippen LogP contribution is 2.45. The molecule has 2 heterocycles. The predicted octanol–water partition coefficient (Wildman–Crippen LogP) is 6.24. The summed E-state index contributed by atoms with van der Waals surface area (Å²) in [4.78, 5) is 24.6. The number of rotatable bonds is 10. The average molecular weight is 506 g/mol. The molecule has 0 aliphatic heterocycles. The second-order valence-electron chi connectivity index (χ2n) is 10.1. The molecule has 1 aromatic carbocycles. The summed E-state index contributed by atoms with van der Waals surface area (Å²) in [7, 11) is 0. The van der Waals surface area contributed by atoms with Gasteiger partial charge in [-0.1, -0.05) is 18.6 Å². The Morgan fingerprint density at radius 2 is 1.92 bits per heavy atom. The van der Waals surface area contributed by atoms with Crippen molar-refractivity contribution >= 4 is 5.97 Å². The number of carboxylic acids is 1. The minimum atomic E-state index is -0.787. The maximum Gasteiger partial charge on any atom is 0.303 e. The van der Waals surface area contributed by atoms with Gasteiger partial charge in [-0.15, -0.1) is 0 Å². The molecule has 2 aromatic heterocycles. The molecule has 0 bridgehead atoms. The van der Waals surface area contributed by atoms with E-state index in [1.54, 1.807) is 19.2 Å². The van der Waals surface area contributed by atoms with Gasteiger partial charge in [-0.3, -0.25) is 9.78 Å². The van der Waals surface area contributed by atoms with Gasteiger partial charge < -0.3 is 14.6 Å². The Hall–Kier alpha value is -3.55. The predicted molar refractivity (Wildman–Crippen MR) is 136 cm³/mol. The van der Waals surface area contributed by atoms with Crippen LogP contribution in [0.25, 0.3) is 11.3 Å². The number of aliphatic carboxylic acids is 1. The topological polar surface area (TPSA) is 94.4 Å². The summed E-state index contributed by atoms with van der Waals surface area (Å²) in [6.45, 7) is 1.96. The fourth-order valence-electron chi connectivity index (χ4n) is 5.04. The lowest BCUT2D eigenvalue weighted by Gasteiger charge is -2.23. The Labute approximate surface area is 216 Å². The Morgan fingerprint density at radius 3 is 2.68 bits per heavy atom. The summed E-state index contributed by atoms with van der Waals surface area (Å²) >= 11 is 0. The number of nitrogens with zero attached hydrogens (tertiary/aromatic N) is 3. The third kappa shape index (κ3) is 6.42. The van der Waals surface area contributed by atoms with Crippen LogP contribution in [0.3, 0.4) is 0 Å². The second-order valence-corrected chi connectivity index (χ2v) is 10.1. The van der Waals surface area contributed by atoms with E-state index < -0.39 is 11.8 Å². The van der Waals surface area contributed by atoms with Gasteiger partial charge in [-0.25, -0.2) is 14.4 Å². The van der Waals surface area contributed by atoms with Crippen molar-refractivity contribution in [2.45, 2.75) is 76.9 Å². The monoisotopic (exact) mass is 505 g/mol. The van der Waals surface area contributed by atoms with Crippen molar-refractivity contribution in [1.82, 2.24) is 15.0 Å². The molecule has 194 valence electrons. The number of carboxylic acid groups (broad SMARTS) is 1. The van der Waals surface area contributed by atoms with Crippen molar-refractivity contribution in [1.29, 1.82) is 0 Å². The molecule has 2 aliphatic carbocycles. The maximum absolute atomic E-state index is 14.7. The second kappa shape index (κ2) is 11.2. The van der Waals surface area contributed by atoms with E-state index in [4.69, 9.17) is 9.47 Å². The number of hydrogen-bond acceptors (Lipinski definition) is 6. The highest BCUT2D eigenvalue weighted by molar-refractivity contribution is 5.68. The fraction of sp³-hybridized carbons (Fsp3) is 0.448. The molecule has 0 radical (unpaired) electrons. The molecule has 37 heavy (non-hydrogen) atoms. The van der Waals surface area contributed by atoms with Crippen LogP contribution in [0.2, 0.25) is 0 Å². The normalized spacial score (nSPS) is 16.8. The zero-order valence-corrected chi connectivity index (χ0v) is 21.0. The minimum Gasteiger partial charge on any atom is -0.487 e. The molecule has 1 N–H and O–H groups in total. The van der Waals surface area contributed by atoms with E-state index in [1.807, 2.05) is 24.3 Å². The van der Waals surface area contributed by atoms with Crippen LogP contribution in [-0.2, 0) is 11.4 Å². The molecule has 1 atom stereocenters. The number of ether oxygens (including phenoxy) is 2. The first-order valence-electron chi connectivity index (χ1n) is 13.1. The summed E-state index contributed by atoms with van der Waals surface area (Å²) in [5.41, 5.74) is 2.90. The van der Waals surface area contributed by atoms with E-state index in [-0.39, 0.29) is 25.0 Å². The zero-order chi connectivity index (χ0) is 25.8. The number of aromatic nitrogens is 3. The molecule has 0 saturated heterocycles. The molecule has 2 fully saturated rings. The molecule has 0 unspecified atom stereocenters. The van der Waals surface area contributed by atoms with Gasteiger partial charge in [0.25, 0.3) is 0 Å². The highest BCUT2D eigenvalue weighted by atomic mass is 19.1. The van der Waals surface area contributed by atoms with Crippen molar-refractivity contribution in [3.63, 3.8) is 0 Å². The van der Waals surface area contributed by atoms with Gasteiger partial charge in [-0.05, 0) is 81.0 Å². The van der Waals surface area contributed by atoms with Crippen LogP contribution in [0, 0.1) is 18.7 Å². The lowest BCUT2D eigenvalue weighted by molar-refractivity contribution is -0.137. The molecule has 2 saturated carbocycles. The lowest BCUT2D eigenvalue weighted by Crippen LogP contribution is -2.21.